The first-order valence-electron chi connectivity index (χ1n) is 5.97. The SMILES string of the molecule is CC(=O)c1ccc2c(c1)/C(=C/c1ccc[nH]1)C(=O)N2. The van der Waals surface area contributed by atoms with E-state index >= 15 is 0 Å². The van der Waals surface area contributed by atoms with Crippen LogP contribution in [0, 0.1) is 0 Å². The average molecular weight is 252 g/mol. The number of anilines is 1. The summed E-state index contributed by atoms with van der Waals surface area (Å²) in [4.78, 5) is 26.4. The van der Waals surface area contributed by atoms with E-state index in [1.54, 1.807) is 30.5 Å². The molecule has 1 aliphatic heterocycles. The molecule has 0 unspecified atom stereocenters. The zero-order valence-electron chi connectivity index (χ0n) is 10.4. The second-order valence-corrected chi connectivity index (χ2v) is 4.45. The highest BCUT2D eigenvalue weighted by Crippen LogP contribution is 2.33. The number of carbonyl (C=O) groups is 2. The number of nitrogens with one attached hydrogen (secondary N) is 2. The Bertz CT molecular complexity index is 697. The predicted molar refractivity (Wildman–Crippen MR) is 73.7 cm³/mol. The molecule has 0 atom stereocenters. The largest absolute Gasteiger partial charge is 0.362 e. The molecule has 19 heavy (non-hydrogen) atoms. The number of amides is 1. The van der Waals surface area contributed by atoms with Crippen molar-refractivity contribution in [3.8, 4) is 0 Å². The van der Waals surface area contributed by atoms with Crippen molar-refractivity contribution in [2.45, 2.75) is 6.92 Å². The zero-order valence-corrected chi connectivity index (χ0v) is 10.4. The van der Waals surface area contributed by atoms with Crippen LogP contribution in [0.5, 0.6) is 0 Å². The highest BCUT2D eigenvalue weighted by Gasteiger charge is 2.24. The van der Waals surface area contributed by atoms with Gasteiger partial charge in [0.1, 0.15) is 0 Å². The van der Waals surface area contributed by atoms with Gasteiger partial charge in [-0.3, -0.25) is 9.59 Å². The zero-order chi connectivity index (χ0) is 13.4. The van der Waals surface area contributed by atoms with Gasteiger partial charge < -0.3 is 10.3 Å². The minimum absolute atomic E-state index is 0.0126. The van der Waals surface area contributed by atoms with Gasteiger partial charge in [-0.15, -0.1) is 0 Å². The number of fused-ring (bicyclic) bond motifs is 1. The number of rotatable bonds is 2. The van der Waals surface area contributed by atoms with Crippen LogP contribution in [-0.2, 0) is 4.79 Å². The molecule has 1 aromatic carbocycles. The van der Waals surface area contributed by atoms with E-state index in [0.717, 1.165) is 16.9 Å². The molecule has 2 heterocycles. The van der Waals surface area contributed by atoms with Crippen LogP contribution in [0.4, 0.5) is 5.69 Å². The van der Waals surface area contributed by atoms with Crippen molar-refractivity contribution in [3.05, 3.63) is 53.3 Å². The maximum Gasteiger partial charge on any atom is 0.256 e. The van der Waals surface area contributed by atoms with Crippen molar-refractivity contribution in [2.75, 3.05) is 5.32 Å². The summed E-state index contributed by atoms with van der Waals surface area (Å²) in [5, 5.41) is 2.79. The Kier molecular flexibility index (Phi) is 2.56. The average Bonchev–Trinajstić information content (AvgIpc) is 2.98. The summed E-state index contributed by atoms with van der Waals surface area (Å²) >= 11 is 0. The summed E-state index contributed by atoms with van der Waals surface area (Å²) in [6, 6.07) is 8.99. The molecular formula is C15H12N2O2. The monoisotopic (exact) mass is 252 g/mol. The van der Waals surface area contributed by atoms with Gasteiger partial charge in [0, 0.05) is 28.7 Å². The van der Waals surface area contributed by atoms with Crippen molar-refractivity contribution in [2.24, 2.45) is 0 Å². The summed E-state index contributed by atoms with van der Waals surface area (Å²) in [7, 11) is 0. The van der Waals surface area contributed by atoms with E-state index in [4.69, 9.17) is 0 Å². The van der Waals surface area contributed by atoms with E-state index in [9.17, 15) is 9.59 Å². The number of Topliss-reactive ketones (excluding diaryl/α,β-unsaturated/α-hetero) is 1. The Morgan fingerprint density at radius 1 is 1.26 bits per heavy atom. The standard InChI is InChI=1S/C15H12N2O2/c1-9(18)10-4-5-14-12(7-10)13(15(19)17-14)8-11-3-2-6-16-11/h2-8,16H,1H3,(H,17,19)/b13-8-. The molecule has 0 saturated heterocycles. The summed E-state index contributed by atoms with van der Waals surface area (Å²) in [5.41, 5.74) is 3.54. The highest BCUT2D eigenvalue weighted by atomic mass is 16.2. The molecule has 4 nitrogen and oxygen atoms in total. The van der Waals surface area contributed by atoms with Crippen molar-refractivity contribution < 1.29 is 9.59 Å². The molecule has 94 valence electrons. The summed E-state index contributed by atoms with van der Waals surface area (Å²) < 4.78 is 0. The van der Waals surface area contributed by atoms with Gasteiger partial charge in [-0.2, -0.15) is 0 Å². The highest BCUT2D eigenvalue weighted by molar-refractivity contribution is 6.35. The van der Waals surface area contributed by atoms with Crippen LogP contribution in [0.25, 0.3) is 11.6 Å². The summed E-state index contributed by atoms with van der Waals surface area (Å²) in [5.74, 6) is -0.160. The molecule has 0 fully saturated rings. The second kappa shape index (κ2) is 4.24. The van der Waals surface area contributed by atoms with E-state index in [2.05, 4.69) is 10.3 Å². The molecule has 2 aromatic rings. The molecule has 0 spiro atoms. The molecule has 0 bridgehead atoms. The fourth-order valence-corrected chi connectivity index (χ4v) is 2.14. The summed E-state index contributed by atoms with van der Waals surface area (Å²) in [6.07, 6.45) is 3.58. The first-order chi connectivity index (χ1) is 9.15. The van der Waals surface area contributed by atoms with E-state index in [1.165, 1.54) is 6.92 Å². The lowest BCUT2D eigenvalue weighted by Crippen LogP contribution is -2.03. The van der Waals surface area contributed by atoms with Crippen LogP contribution in [0.1, 0.15) is 28.5 Å². The van der Waals surface area contributed by atoms with Crippen molar-refractivity contribution in [1.29, 1.82) is 0 Å². The third-order valence-electron chi connectivity index (χ3n) is 3.13. The van der Waals surface area contributed by atoms with Crippen molar-refractivity contribution >= 4 is 29.0 Å². The van der Waals surface area contributed by atoms with Crippen LogP contribution in [-0.4, -0.2) is 16.7 Å². The third kappa shape index (κ3) is 1.97. The molecule has 0 aliphatic carbocycles. The fraction of sp³-hybridized carbons (Fsp3) is 0.0667. The Labute approximate surface area is 110 Å². The number of carbonyl (C=O) groups excluding carboxylic acids is 2. The Balaban J connectivity index is 2.12. The van der Waals surface area contributed by atoms with Gasteiger partial charge in [-0.05, 0) is 43.3 Å². The van der Waals surface area contributed by atoms with Gasteiger partial charge in [0.15, 0.2) is 5.78 Å². The lowest BCUT2D eigenvalue weighted by molar-refractivity contribution is -0.110. The predicted octanol–water partition coefficient (Wildman–Crippen LogP) is 2.71. The Hall–Kier alpha value is -2.62. The molecule has 0 radical (unpaired) electrons. The topological polar surface area (TPSA) is 62.0 Å². The van der Waals surface area contributed by atoms with E-state index in [1.807, 2.05) is 12.1 Å². The second-order valence-electron chi connectivity index (χ2n) is 4.45. The molecule has 1 aliphatic rings. The molecule has 3 rings (SSSR count). The maximum atomic E-state index is 12.0. The van der Waals surface area contributed by atoms with Gasteiger partial charge in [0.25, 0.3) is 5.91 Å². The third-order valence-corrected chi connectivity index (χ3v) is 3.13. The van der Waals surface area contributed by atoms with Crippen molar-refractivity contribution in [1.82, 2.24) is 4.98 Å². The van der Waals surface area contributed by atoms with Crippen LogP contribution in [0.2, 0.25) is 0 Å². The number of benzene rings is 1. The number of ketones is 1. The maximum absolute atomic E-state index is 12.0. The van der Waals surface area contributed by atoms with Crippen molar-refractivity contribution in [3.63, 3.8) is 0 Å². The number of H-pyrrole nitrogens is 1. The fourth-order valence-electron chi connectivity index (χ4n) is 2.14. The van der Waals surface area contributed by atoms with E-state index < -0.39 is 0 Å². The number of hydrogen-bond donors (Lipinski definition) is 2. The number of aromatic nitrogens is 1. The minimum Gasteiger partial charge on any atom is -0.362 e. The van der Waals surface area contributed by atoms with Gasteiger partial charge in [0.05, 0.1) is 5.57 Å². The van der Waals surface area contributed by atoms with Gasteiger partial charge in [-0.25, -0.2) is 0 Å². The van der Waals surface area contributed by atoms with Gasteiger partial charge in [-0.1, -0.05) is 0 Å². The van der Waals surface area contributed by atoms with Gasteiger partial charge in [0.2, 0.25) is 0 Å². The smallest absolute Gasteiger partial charge is 0.256 e. The lowest BCUT2D eigenvalue weighted by Gasteiger charge is -2.01. The Morgan fingerprint density at radius 2 is 2.11 bits per heavy atom. The van der Waals surface area contributed by atoms with E-state index in [-0.39, 0.29) is 11.7 Å². The molecular weight excluding hydrogens is 240 g/mol. The van der Waals surface area contributed by atoms with Gasteiger partial charge >= 0.3 is 0 Å². The minimum atomic E-state index is -0.148. The van der Waals surface area contributed by atoms with Crippen LogP contribution >= 0.6 is 0 Å². The number of aromatic amines is 1. The first-order valence-corrected chi connectivity index (χ1v) is 5.97. The normalized spacial score (nSPS) is 15.4. The Morgan fingerprint density at radius 3 is 2.79 bits per heavy atom. The molecule has 0 saturated carbocycles. The molecule has 1 aromatic heterocycles. The molecule has 2 N–H and O–H groups in total. The molecule has 4 heteroatoms. The van der Waals surface area contributed by atoms with Crippen LogP contribution in [0.15, 0.2) is 36.5 Å². The van der Waals surface area contributed by atoms with Crippen LogP contribution in [0.3, 0.4) is 0 Å². The quantitative estimate of drug-likeness (QED) is 0.637. The summed E-state index contributed by atoms with van der Waals surface area (Å²) in [6.45, 7) is 1.51. The number of hydrogen-bond acceptors (Lipinski definition) is 2. The van der Waals surface area contributed by atoms with E-state index in [0.29, 0.717) is 11.1 Å². The lowest BCUT2D eigenvalue weighted by atomic mass is 10.0. The molecule has 1 amide bonds. The van der Waals surface area contributed by atoms with Crippen LogP contribution < -0.4 is 5.32 Å². The first kappa shape index (κ1) is 11.5.